The van der Waals surface area contributed by atoms with Crippen molar-refractivity contribution in [1.29, 1.82) is 0 Å². The topological polar surface area (TPSA) is 24.7 Å². The molecule has 0 heterocycles. The maximum Gasteiger partial charge on any atom is 0.0527 e. The highest BCUT2D eigenvalue weighted by Gasteiger charge is 1.95. The molecule has 0 unspecified atom stereocenters. The van der Waals surface area contributed by atoms with Crippen molar-refractivity contribution in [3.8, 4) is 0 Å². The quantitative estimate of drug-likeness (QED) is 0.524. The second kappa shape index (κ2) is 4.20. The summed E-state index contributed by atoms with van der Waals surface area (Å²) in [4.78, 5) is 8.36. The summed E-state index contributed by atoms with van der Waals surface area (Å²) in [5.41, 5.74) is 2.06. The highest BCUT2D eigenvalue weighted by atomic mass is 14.8. The van der Waals surface area contributed by atoms with Crippen molar-refractivity contribution in [2.75, 3.05) is 7.05 Å². The molecule has 10 heavy (non-hydrogen) atoms. The smallest absolute Gasteiger partial charge is 0.0527 e. The van der Waals surface area contributed by atoms with Crippen LogP contribution in [-0.2, 0) is 0 Å². The minimum atomic E-state index is 0.372. The van der Waals surface area contributed by atoms with Crippen molar-refractivity contribution in [3.05, 3.63) is 0 Å². The first kappa shape index (κ1) is 9.34. The van der Waals surface area contributed by atoms with Crippen LogP contribution < -0.4 is 0 Å². The number of nitrogens with zero attached hydrogens (tertiary/aromatic N) is 2. The summed E-state index contributed by atoms with van der Waals surface area (Å²) < 4.78 is 0. The van der Waals surface area contributed by atoms with Gasteiger partial charge in [-0.2, -0.15) is 0 Å². The Labute approximate surface area is 63.1 Å². The molecule has 0 aliphatic heterocycles. The van der Waals surface area contributed by atoms with Gasteiger partial charge in [-0.25, -0.2) is 0 Å². The van der Waals surface area contributed by atoms with E-state index in [0.717, 1.165) is 11.4 Å². The Morgan fingerprint density at radius 2 is 1.60 bits per heavy atom. The molecular weight excluding hydrogens is 124 g/mol. The van der Waals surface area contributed by atoms with E-state index in [4.69, 9.17) is 0 Å². The second-order valence-electron chi connectivity index (χ2n) is 2.62. The lowest BCUT2D eigenvalue weighted by atomic mass is 10.2. The molecule has 0 saturated heterocycles. The first-order valence-electron chi connectivity index (χ1n) is 3.56. The highest BCUT2D eigenvalue weighted by molar-refractivity contribution is 6.40. The lowest BCUT2D eigenvalue weighted by molar-refractivity contribution is 0.837. The molecule has 0 aliphatic carbocycles. The third-order valence-corrected chi connectivity index (χ3v) is 1.31. The SMILES string of the molecule is CN=C(C)C(C)=NC(C)C. The summed E-state index contributed by atoms with van der Waals surface area (Å²) in [6.07, 6.45) is 0. The highest BCUT2D eigenvalue weighted by Crippen LogP contribution is 1.90. The van der Waals surface area contributed by atoms with Crippen LogP contribution in [-0.4, -0.2) is 24.5 Å². The Bertz CT molecular complexity index is 155. The minimum absolute atomic E-state index is 0.372. The van der Waals surface area contributed by atoms with E-state index >= 15 is 0 Å². The molecule has 0 N–H and O–H groups in total. The van der Waals surface area contributed by atoms with E-state index in [9.17, 15) is 0 Å². The molecule has 0 aliphatic rings. The lowest BCUT2D eigenvalue weighted by Gasteiger charge is -2.00. The number of rotatable bonds is 2. The first-order chi connectivity index (χ1) is 4.57. The van der Waals surface area contributed by atoms with Crippen LogP contribution in [0.25, 0.3) is 0 Å². The van der Waals surface area contributed by atoms with Crippen LogP contribution in [0.3, 0.4) is 0 Å². The fraction of sp³-hybridized carbons (Fsp3) is 0.750. The van der Waals surface area contributed by atoms with E-state index in [1.54, 1.807) is 7.05 Å². The molecule has 0 aromatic heterocycles. The molecule has 0 radical (unpaired) electrons. The molecular formula is C8H16N2. The lowest BCUT2D eigenvalue weighted by Crippen LogP contribution is -2.08. The van der Waals surface area contributed by atoms with E-state index in [0.29, 0.717) is 6.04 Å². The van der Waals surface area contributed by atoms with Gasteiger partial charge in [0.1, 0.15) is 0 Å². The van der Waals surface area contributed by atoms with E-state index in [2.05, 4.69) is 23.8 Å². The van der Waals surface area contributed by atoms with Crippen LogP contribution in [0.2, 0.25) is 0 Å². The van der Waals surface area contributed by atoms with E-state index in [-0.39, 0.29) is 0 Å². The van der Waals surface area contributed by atoms with Crippen LogP contribution in [0, 0.1) is 0 Å². The molecule has 0 aromatic carbocycles. The summed E-state index contributed by atoms with van der Waals surface area (Å²) in [6, 6.07) is 0.372. The zero-order valence-corrected chi connectivity index (χ0v) is 7.47. The predicted octanol–water partition coefficient (Wildman–Crippen LogP) is 1.95. The molecule has 2 heteroatoms. The molecule has 58 valence electrons. The molecule has 0 aromatic rings. The van der Waals surface area contributed by atoms with Gasteiger partial charge in [0.15, 0.2) is 0 Å². The van der Waals surface area contributed by atoms with Gasteiger partial charge in [-0.05, 0) is 27.7 Å². The van der Waals surface area contributed by atoms with Crippen molar-refractivity contribution in [3.63, 3.8) is 0 Å². The van der Waals surface area contributed by atoms with Crippen LogP contribution >= 0.6 is 0 Å². The van der Waals surface area contributed by atoms with E-state index in [1.807, 2.05) is 13.8 Å². The molecule has 0 amide bonds. The fourth-order valence-corrected chi connectivity index (χ4v) is 0.643. The van der Waals surface area contributed by atoms with Gasteiger partial charge in [-0.1, -0.05) is 0 Å². The summed E-state index contributed by atoms with van der Waals surface area (Å²) in [5.74, 6) is 0. The third kappa shape index (κ3) is 3.38. The van der Waals surface area contributed by atoms with Crippen molar-refractivity contribution < 1.29 is 0 Å². The van der Waals surface area contributed by atoms with Crippen LogP contribution in [0.15, 0.2) is 9.98 Å². The Hall–Kier alpha value is -0.660. The average molecular weight is 140 g/mol. The van der Waals surface area contributed by atoms with Crippen LogP contribution in [0.5, 0.6) is 0 Å². The monoisotopic (exact) mass is 140 g/mol. The predicted molar refractivity (Wildman–Crippen MR) is 47.3 cm³/mol. The summed E-state index contributed by atoms with van der Waals surface area (Å²) >= 11 is 0. The van der Waals surface area contributed by atoms with Gasteiger partial charge in [-0.15, -0.1) is 0 Å². The Morgan fingerprint density at radius 1 is 1.10 bits per heavy atom. The van der Waals surface area contributed by atoms with Crippen LogP contribution in [0.4, 0.5) is 0 Å². The van der Waals surface area contributed by atoms with Crippen molar-refractivity contribution >= 4 is 11.4 Å². The van der Waals surface area contributed by atoms with Gasteiger partial charge < -0.3 is 0 Å². The van der Waals surface area contributed by atoms with Gasteiger partial charge in [0.25, 0.3) is 0 Å². The maximum atomic E-state index is 4.33. The molecule has 2 nitrogen and oxygen atoms in total. The largest absolute Gasteiger partial charge is 0.292 e. The average Bonchev–Trinajstić information content (AvgIpc) is 1.85. The van der Waals surface area contributed by atoms with Gasteiger partial charge in [0.05, 0.1) is 11.4 Å². The zero-order chi connectivity index (χ0) is 8.15. The summed E-state index contributed by atoms with van der Waals surface area (Å²) in [6.45, 7) is 8.09. The number of hydrogen-bond donors (Lipinski definition) is 0. The number of hydrogen-bond acceptors (Lipinski definition) is 2. The zero-order valence-electron chi connectivity index (χ0n) is 7.47. The molecule has 0 fully saturated rings. The Balaban J connectivity index is 4.20. The molecule has 0 saturated carbocycles. The normalized spacial score (nSPS) is 14.6. The summed E-state index contributed by atoms with van der Waals surface area (Å²) in [7, 11) is 1.79. The van der Waals surface area contributed by atoms with Gasteiger partial charge in [0, 0.05) is 13.1 Å². The fourth-order valence-electron chi connectivity index (χ4n) is 0.643. The van der Waals surface area contributed by atoms with Crippen molar-refractivity contribution in [2.24, 2.45) is 9.98 Å². The Kier molecular flexibility index (Phi) is 3.93. The Morgan fingerprint density at radius 3 is 1.90 bits per heavy atom. The van der Waals surface area contributed by atoms with E-state index in [1.165, 1.54) is 0 Å². The van der Waals surface area contributed by atoms with Gasteiger partial charge in [-0.3, -0.25) is 9.98 Å². The van der Waals surface area contributed by atoms with Gasteiger partial charge >= 0.3 is 0 Å². The van der Waals surface area contributed by atoms with Crippen molar-refractivity contribution in [1.82, 2.24) is 0 Å². The molecule has 0 rings (SSSR count). The third-order valence-electron chi connectivity index (χ3n) is 1.31. The standard InChI is InChI=1S/C8H16N2/c1-6(2)10-8(4)7(3)9-5/h6H,1-5H3. The minimum Gasteiger partial charge on any atom is -0.292 e. The maximum absolute atomic E-state index is 4.33. The van der Waals surface area contributed by atoms with Crippen LogP contribution in [0.1, 0.15) is 27.7 Å². The van der Waals surface area contributed by atoms with Crippen molar-refractivity contribution in [2.45, 2.75) is 33.7 Å². The molecule has 0 bridgehead atoms. The second-order valence-corrected chi connectivity index (χ2v) is 2.62. The molecule has 0 atom stereocenters. The van der Waals surface area contributed by atoms with E-state index < -0.39 is 0 Å². The molecule has 0 spiro atoms. The summed E-state index contributed by atoms with van der Waals surface area (Å²) in [5, 5.41) is 0. The number of aliphatic imine (C=N–C) groups is 2. The first-order valence-corrected chi connectivity index (χ1v) is 3.56. The van der Waals surface area contributed by atoms with Gasteiger partial charge in [0.2, 0.25) is 0 Å².